The van der Waals surface area contributed by atoms with Crippen LogP contribution >= 0.6 is 0 Å². The van der Waals surface area contributed by atoms with Crippen LogP contribution in [0, 0.1) is 0 Å². The molecule has 0 radical (unpaired) electrons. The maximum atomic E-state index is 15.4. The molecule has 1 fully saturated rings. The largest absolute Gasteiger partial charge is 0.489 e. The Morgan fingerprint density at radius 2 is 2.00 bits per heavy atom. The van der Waals surface area contributed by atoms with Crippen LogP contribution in [0.25, 0.3) is 0 Å². The SMILES string of the molecule is CNC(=O)c1cc(C(=O)NCCCC2(F)CCCN(C(=O)OC(C)(C)C)C2)cc2c1OC(C)C2. The van der Waals surface area contributed by atoms with Crippen molar-refractivity contribution >= 4 is 17.9 Å². The van der Waals surface area contributed by atoms with Crippen LogP contribution in [-0.4, -0.2) is 66.9 Å². The first-order valence-electron chi connectivity index (χ1n) is 11.9. The zero-order valence-corrected chi connectivity index (χ0v) is 20.8. The van der Waals surface area contributed by atoms with Gasteiger partial charge in [0.05, 0.1) is 12.1 Å². The minimum Gasteiger partial charge on any atom is -0.489 e. The number of hydrogen-bond acceptors (Lipinski definition) is 5. The van der Waals surface area contributed by atoms with Crippen molar-refractivity contribution in [1.82, 2.24) is 15.5 Å². The highest BCUT2D eigenvalue weighted by Crippen LogP contribution is 2.34. The van der Waals surface area contributed by atoms with Gasteiger partial charge in [0.2, 0.25) is 0 Å². The summed E-state index contributed by atoms with van der Waals surface area (Å²) in [5.74, 6) is -0.111. The number of amides is 3. The summed E-state index contributed by atoms with van der Waals surface area (Å²) >= 11 is 0. The molecule has 188 valence electrons. The molecule has 0 spiro atoms. The van der Waals surface area contributed by atoms with E-state index in [1.165, 1.54) is 18.0 Å². The zero-order valence-electron chi connectivity index (χ0n) is 20.8. The van der Waals surface area contributed by atoms with Crippen molar-refractivity contribution in [3.05, 3.63) is 28.8 Å². The van der Waals surface area contributed by atoms with Crippen LogP contribution in [-0.2, 0) is 11.2 Å². The lowest BCUT2D eigenvalue weighted by Gasteiger charge is -2.38. The first kappa shape index (κ1) is 25.8. The van der Waals surface area contributed by atoms with E-state index in [1.54, 1.807) is 26.8 Å². The Balaban J connectivity index is 1.55. The Morgan fingerprint density at radius 1 is 1.26 bits per heavy atom. The number of carbonyl (C=O) groups excluding carboxylic acids is 3. The number of fused-ring (bicyclic) bond motifs is 1. The Kier molecular flexibility index (Phi) is 7.73. The standard InChI is InChI=1S/C25H36FN3O5/c1-16-12-17-13-18(14-19(20(17)33-16)22(31)27-5)21(30)28-10-6-8-25(26)9-7-11-29(15-25)23(32)34-24(2,3)4/h13-14,16H,6-12,15H2,1-5H3,(H,27,31)(H,28,30). The number of rotatable bonds is 6. The second kappa shape index (κ2) is 10.2. The quantitative estimate of drug-likeness (QED) is 0.610. The van der Waals surface area contributed by atoms with E-state index in [4.69, 9.17) is 9.47 Å². The minimum absolute atomic E-state index is 0.00560. The number of ether oxygens (including phenoxy) is 2. The van der Waals surface area contributed by atoms with E-state index >= 15 is 4.39 Å². The molecule has 0 aromatic heterocycles. The van der Waals surface area contributed by atoms with E-state index in [2.05, 4.69) is 10.6 Å². The summed E-state index contributed by atoms with van der Waals surface area (Å²) in [6.45, 7) is 8.02. The number of benzene rings is 1. The van der Waals surface area contributed by atoms with Crippen molar-refractivity contribution in [2.24, 2.45) is 0 Å². The van der Waals surface area contributed by atoms with Crippen LogP contribution in [0.5, 0.6) is 5.75 Å². The molecule has 2 atom stereocenters. The number of piperidine rings is 1. The lowest BCUT2D eigenvalue weighted by Crippen LogP contribution is -2.49. The van der Waals surface area contributed by atoms with E-state index in [0.29, 0.717) is 49.1 Å². The van der Waals surface area contributed by atoms with Gasteiger partial charge in [-0.1, -0.05) is 0 Å². The molecule has 2 aliphatic rings. The lowest BCUT2D eigenvalue weighted by atomic mass is 9.90. The van der Waals surface area contributed by atoms with Gasteiger partial charge in [-0.15, -0.1) is 0 Å². The monoisotopic (exact) mass is 477 g/mol. The third kappa shape index (κ3) is 6.39. The van der Waals surface area contributed by atoms with Crippen molar-refractivity contribution in [3.63, 3.8) is 0 Å². The molecule has 3 rings (SSSR count). The molecule has 2 heterocycles. The van der Waals surface area contributed by atoms with E-state index in [9.17, 15) is 14.4 Å². The summed E-state index contributed by atoms with van der Waals surface area (Å²) in [5, 5.41) is 5.40. The fourth-order valence-corrected chi connectivity index (χ4v) is 4.45. The van der Waals surface area contributed by atoms with Gasteiger partial charge in [0.1, 0.15) is 23.1 Å². The molecular weight excluding hydrogens is 441 g/mol. The summed E-state index contributed by atoms with van der Waals surface area (Å²) in [6, 6.07) is 3.28. The highest BCUT2D eigenvalue weighted by atomic mass is 19.1. The highest BCUT2D eigenvalue weighted by Gasteiger charge is 2.38. The van der Waals surface area contributed by atoms with E-state index < -0.39 is 17.4 Å². The maximum absolute atomic E-state index is 15.4. The molecule has 3 amide bonds. The molecule has 34 heavy (non-hydrogen) atoms. The number of nitrogens with one attached hydrogen (secondary N) is 2. The molecule has 2 aliphatic heterocycles. The molecule has 9 heteroatoms. The van der Waals surface area contributed by atoms with Gasteiger partial charge in [0.15, 0.2) is 0 Å². The van der Waals surface area contributed by atoms with Gasteiger partial charge >= 0.3 is 6.09 Å². The van der Waals surface area contributed by atoms with Crippen molar-refractivity contribution in [2.75, 3.05) is 26.7 Å². The fourth-order valence-electron chi connectivity index (χ4n) is 4.45. The summed E-state index contributed by atoms with van der Waals surface area (Å²) in [7, 11) is 1.53. The summed E-state index contributed by atoms with van der Waals surface area (Å²) in [4.78, 5) is 38.8. The van der Waals surface area contributed by atoms with Gasteiger partial charge in [0, 0.05) is 32.1 Å². The smallest absolute Gasteiger partial charge is 0.410 e. The number of hydrogen-bond donors (Lipinski definition) is 2. The predicted octanol–water partition coefficient (Wildman–Crippen LogP) is 3.62. The average Bonchev–Trinajstić information content (AvgIpc) is 3.14. The van der Waals surface area contributed by atoms with Gasteiger partial charge in [0.25, 0.3) is 11.8 Å². The van der Waals surface area contributed by atoms with Crippen LogP contribution in [0.4, 0.5) is 9.18 Å². The Labute approximate surface area is 200 Å². The van der Waals surface area contributed by atoms with E-state index in [0.717, 1.165) is 5.56 Å². The van der Waals surface area contributed by atoms with Crippen molar-refractivity contribution in [2.45, 2.75) is 77.2 Å². The lowest BCUT2D eigenvalue weighted by molar-refractivity contribution is -0.00798. The normalized spacial score (nSPS) is 21.9. The van der Waals surface area contributed by atoms with Crippen LogP contribution in [0.1, 0.15) is 79.7 Å². The molecule has 8 nitrogen and oxygen atoms in total. The number of likely N-dealkylation sites (tertiary alicyclic amines) is 1. The van der Waals surface area contributed by atoms with Crippen molar-refractivity contribution in [3.8, 4) is 5.75 Å². The number of alkyl halides is 1. The molecular formula is C25H36FN3O5. The van der Waals surface area contributed by atoms with Crippen molar-refractivity contribution < 1.29 is 28.2 Å². The number of nitrogens with zero attached hydrogens (tertiary/aromatic N) is 1. The number of carbonyl (C=O) groups is 3. The average molecular weight is 478 g/mol. The summed E-state index contributed by atoms with van der Waals surface area (Å²) in [6.07, 6.45) is 1.67. The molecule has 2 unspecified atom stereocenters. The highest BCUT2D eigenvalue weighted by molar-refractivity contribution is 6.02. The molecule has 1 aromatic carbocycles. The number of halogens is 1. The van der Waals surface area contributed by atoms with Crippen LogP contribution < -0.4 is 15.4 Å². The van der Waals surface area contributed by atoms with E-state index in [1.807, 2.05) is 6.92 Å². The van der Waals surface area contributed by atoms with Crippen LogP contribution in [0.15, 0.2) is 12.1 Å². The second-order valence-electron chi connectivity index (χ2n) is 10.2. The van der Waals surface area contributed by atoms with Crippen LogP contribution in [0.2, 0.25) is 0 Å². The fraction of sp³-hybridized carbons (Fsp3) is 0.640. The van der Waals surface area contributed by atoms with Gasteiger partial charge < -0.3 is 25.0 Å². The topological polar surface area (TPSA) is 97.0 Å². The maximum Gasteiger partial charge on any atom is 0.410 e. The third-order valence-corrected chi connectivity index (χ3v) is 5.99. The Bertz CT molecular complexity index is 945. The Hall–Kier alpha value is -2.84. The second-order valence-corrected chi connectivity index (χ2v) is 10.2. The minimum atomic E-state index is -1.51. The zero-order chi connectivity index (χ0) is 25.1. The van der Waals surface area contributed by atoms with Gasteiger partial charge in [-0.05, 0) is 71.1 Å². The predicted molar refractivity (Wildman–Crippen MR) is 126 cm³/mol. The molecule has 0 bridgehead atoms. The first-order valence-corrected chi connectivity index (χ1v) is 11.9. The van der Waals surface area contributed by atoms with Crippen molar-refractivity contribution in [1.29, 1.82) is 0 Å². The third-order valence-electron chi connectivity index (χ3n) is 5.99. The summed E-state index contributed by atoms with van der Waals surface area (Å²) in [5.41, 5.74) is -0.601. The first-order chi connectivity index (χ1) is 15.9. The molecule has 1 saturated heterocycles. The van der Waals surface area contributed by atoms with Crippen LogP contribution in [0.3, 0.4) is 0 Å². The Morgan fingerprint density at radius 3 is 2.68 bits per heavy atom. The molecule has 0 aliphatic carbocycles. The van der Waals surface area contributed by atoms with Gasteiger partial charge in [-0.25, -0.2) is 9.18 Å². The van der Waals surface area contributed by atoms with Gasteiger partial charge in [-0.2, -0.15) is 0 Å². The molecule has 0 saturated carbocycles. The van der Waals surface area contributed by atoms with E-state index in [-0.39, 0.29) is 37.4 Å². The summed E-state index contributed by atoms with van der Waals surface area (Å²) < 4.78 is 26.5. The molecule has 2 N–H and O–H groups in total. The molecule has 1 aromatic rings. The van der Waals surface area contributed by atoms with Gasteiger partial charge in [-0.3, -0.25) is 9.59 Å².